The van der Waals surface area contributed by atoms with Crippen LogP contribution in [0, 0.1) is 5.92 Å². The zero-order valence-corrected chi connectivity index (χ0v) is 12.6. The Hall–Kier alpha value is -0.710. The molecule has 0 aromatic carbocycles. The highest BCUT2D eigenvalue weighted by molar-refractivity contribution is 7.88. The summed E-state index contributed by atoms with van der Waals surface area (Å²) in [4.78, 5) is 3.33. The summed E-state index contributed by atoms with van der Waals surface area (Å²) in [6, 6.07) is 0. The average molecular weight is 331 g/mol. The summed E-state index contributed by atoms with van der Waals surface area (Å²) in [5.41, 5.74) is -1.04. The number of primary sulfonamides is 1. The van der Waals surface area contributed by atoms with Crippen molar-refractivity contribution in [3.8, 4) is 0 Å². The van der Waals surface area contributed by atoms with E-state index in [1.54, 1.807) is 0 Å². The highest BCUT2D eigenvalue weighted by atomic mass is 32.2. The minimum Gasteiger partial charge on any atom is -0.312 e. The van der Waals surface area contributed by atoms with Gasteiger partial charge in [0, 0.05) is 6.54 Å². The topological polar surface area (TPSA) is 85.1 Å². The van der Waals surface area contributed by atoms with Gasteiger partial charge in [0.1, 0.15) is 10.8 Å². The molecule has 1 aromatic heterocycles. The van der Waals surface area contributed by atoms with Gasteiger partial charge in [-0.3, -0.25) is 0 Å². The van der Waals surface area contributed by atoms with Crippen molar-refractivity contribution in [1.29, 1.82) is 0 Å². The van der Waals surface area contributed by atoms with Gasteiger partial charge in [-0.2, -0.15) is 13.2 Å². The standard InChI is InChI=1S/C10H16F3N3O2S2/c1-6(2)3-15-4-7-9(10(11,12)13)16-8(19-7)5-20(14,17)18/h6,15H,3-5H2,1-2H3,(H2,14,17,18). The summed E-state index contributed by atoms with van der Waals surface area (Å²) in [5.74, 6) is -0.397. The van der Waals surface area contributed by atoms with Crippen LogP contribution in [0.15, 0.2) is 0 Å². The van der Waals surface area contributed by atoms with Crippen LogP contribution in [0.2, 0.25) is 0 Å². The Bertz CT molecular complexity index is 553. The molecule has 0 amide bonds. The van der Waals surface area contributed by atoms with Crippen LogP contribution in [-0.4, -0.2) is 19.9 Å². The summed E-state index contributed by atoms with van der Waals surface area (Å²) in [5, 5.41) is 7.55. The fraction of sp³-hybridized carbons (Fsp3) is 0.700. The largest absolute Gasteiger partial charge is 0.434 e. The normalized spacial score (nSPS) is 13.2. The van der Waals surface area contributed by atoms with Crippen LogP contribution in [0.5, 0.6) is 0 Å². The van der Waals surface area contributed by atoms with Gasteiger partial charge in [0.2, 0.25) is 10.0 Å². The highest BCUT2D eigenvalue weighted by Crippen LogP contribution is 2.34. The molecule has 0 saturated heterocycles. The third-order valence-electron chi connectivity index (χ3n) is 2.17. The first-order valence-electron chi connectivity index (χ1n) is 5.76. The van der Waals surface area contributed by atoms with Crippen LogP contribution in [0.1, 0.15) is 29.4 Å². The van der Waals surface area contributed by atoms with E-state index >= 15 is 0 Å². The maximum atomic E-state index is 12.8. The van der Waals surface area contributed by atoms with Crippen molar-refractivity contribution in [2.45, 2.75) is 32.3 Å². The Balaban J connectivity index is 2.95. The third kappa shape index (κ3) is 5.73. The molecule has 0 radical (unpaired) electrons. The zero-order valence-electron chi connectivity index (χ0n) is 11.0. The summed E-state index contributed by atoms with van der Waals surface area (Å²) in [6.07, 6.45) is -4.61. The molecule has 20 heavy (non-hydrogen) atoms. The van der Waals surface area contributed by atoms with E-state index in [2.05, 4.69) is 10.3 Å². The molecule has 1 heterocycles. The second kappa shape index (κ2) is 6.37. The van der Waals surface area contributed by atoms with E-state index in [-0.39, 0.29) is 16.4 Å². The second-order valence-corrected chi connectivity index (χ2v) is 7.49. The molecule has 0 fully saturated rings. The van der Waals surface area contributed by atoms with Crippen molar-refractivity contribution in [2.24, 2.45) is 11.1 Å². The number of alkyl halides is 3. The van der Waals surface area contributed by atoms with Crippen LogP contribution in [0.4, 0.5) is 13.2 Å². The lowest BCUT2D eigenvalue weighted by molar-refractivity contribution is -0.141. The van der Waals surface area contributed by atoms with Crippen molar-refractivity contribution in [2.75, 3.05) is 6.54 Å². The van der Waals surface area contributed by atoms with Gasteiger partial charge in [0.25, 0.3) is 0 Å². The van der Waals surface area contributed by atoms with E-state index in [1.807, 2.05) is 13.8 Å². The molecule has 0 bridgehead atoms. The van der Waals surface area contributed by atoms with E-state index in [9.17, 15) is 21.6 Å². The van der Waals surface area contributed by atoms with E-state index < -0.39 is 27.6 Å². The lowest BCUT2D eigenvalue weighted by Gasteiger charge is -2.08. The highest BCUT2D eigenvalue weighted by Gasteiger charge is 2.37. The number of sulfonamides is 1. The molecule has 0 unspecified atom stereocenters. The van der Waals surface area contributed by atoms with Crippen LogP contribution in [-0.2, 0) is 28.5 Å². The first kappa shape index (κ1) is 17.3. The van der Waals surface area contributed by atoms with Crippen molar-refractivity contribution in [3.05, 3.63) is 15.6 Å². The summed E-state index contributed by atoms with van der Waals surface area (Å²) in [6.45, 7) is 4.41. The lowest BCUT2D eigenvalue weighted by atomic mass is 10.2. The molecule has 0 aliphatic carbocycles. The molecular formula is C10H16F3N3O2S2. The smallest absolute Gasteiger partial charge is 0.312 e. The molecule has 10 heteroatoms. The number of nitrogens with one attached hydrogen (secondary N) is 1. The number of nitrogens with two attached hydrogens (primary N) is 1. The number of rotatable bonds is 6. The predicted octanol–water partition coefficient (Wildman–Crippen LogP) is 1.70. The molecule has 116 valence electrons. The minimum absolute atomic E-state index is 0.00465. The van der Waals surface area contributed by atoms with Gasteiger partial charge < -0.3 is 5.32 Å². The number of aromatic nitrogens is 1. The van der Waals surface area contributed by atoms with Crippen molar-refractivity contribution in [3.63, 3.8) is 0 Å². The van der Waals surface area contributed by atoms with Gasteiger partial charge in [-0.15, -0.1) is 11.3 Å². The molecule has 1 aromatic rings. The van der Waals surface area contributed by atoms with Crippen molar-refractivity contribution >= 4 is 21.4 Å². The van der Waals surface area contributed by atoms with Gasteiger partial charge in [-0.05, 0) is 12.5 Å². The Labute approximate surface area is 119 Å². The summed E-state index contributed by atoms with van der Waals surface area (Å²) < 4.78 is 60.3. The van der Waals surface area contributed by atoms with Crippen LogP contribution in [0.25, 0.3) is 0 Å². The number of hydrogen-bond donors (Lipinski definition) is 2. The Morgan fingerprint density at radius 3 is 2.45 bits per heavy atom. The number of nitrogens with zero attached hydrogens (tertiary/aromatic N) is 1. The molecule has 0 aliphatic rings. The summed E-state index contributed by atoms with van der Waals surface area (Å²) >= 11 is 0.712. The van der Waals surface area contributed by atoms with Gasteiger partial charge in [-0.1, -0.05) is 13.8 Å². The fourth-order valence-electron chi connectivity index (χ4n) is 1.45. The van der Waals surface area contributed by atoms with Crippen LogP contribution < -0.4 is 10.5 Å². The molecule has 1 rings (SSSR count). The fourth-order valence-corrected chi connectivity index (χ4v) is 3.44. The first-order chi connectivity index (χ1) is 8.99. The Morgan fingerprint density at radius 1 is 1.40 bits per heavy atom. The maximum absolute atomic E-state index is 12.8. The zero-order chi connectivity index (χ0) is 15.6. The Morgan fingerprint density at radius 2 is 2.00 bits per heavy atom. The lowest BCUT2D eigenvalue weighted by Crippen LogP contribution is -2.20. The first-order valence-corrected chi connectivity index (χ1v) is 8.29. The molecule has 0 aliphatic heterocycles. The molecule has 3 N–H and O–H groups in total. The monoisotopic (exact) mass is 331 g/mol. The van der Waals surface area contributed by atoms with Gasteiger partial charge in [0.15, 0.2) is 5.69 Å². The Kier molecular flexibility index (Phi) is 5.53. The molecule has 0 spiro atoms. The van der Waals surface area contributed by atoms with Crippen molar-refractivity contribution < 1.29 is 21.6 Å². The van der Waals surface area contributed by atoms with Gasteiger partial charge >= 0.3 is 6.18 Å². The van der Waals surface area contributed by atoms with Gasteiger partial charge in [0.05, 0.1) is 4.88 Å². The van der Waals surface area contributed by atoms with E-state index in [4.69, 9.17) is 5.14 Å². The van der Waals surface area contributed by atoms with Gasteiger partial charge in [-0.25, -0.2) is 18.5 Å². The quantitative estimate of drug-likeness (QED) is 0.831. The van der Waals surface area contributed by atoms with E-state index in [0.717, 1.165) is 0 Å². The maximum Gasteiger partial charge on any atom is 0.434 e. The number of halogens is 3. The van der Waals surface area contributed by atoms with E-state index in [1.165, 1.54) is 0 Å². The minimum atomic E-state index is -4.61. The summed E-state index contributed by atoms with van der Waals surface area (Å²) in [7, 11) is -3.90. The average Bonchev–Trinajstić information content (AvgIpc) is 2.57. The SMILES string of the molecule is CC(C)CNCc1sc(CS(N)(=O)=O)nc1C(F)(F)F. The molecule has 0 saturated carbocycles. The second-order valence-electron chi connectivity index (χ2n) is 4.71. The third-order valence-corrected chi connectivity index (χ3v) is 4.09. The number of hydrogen-bond acceptors (Lipinski definition) is 5. The predicted molar refractivity (Wildman–Crippen MR) is 70.5 cm³/mol. The van der Waals surface area contributed by atoms with Crippen LogP contribution >= 0.6 is 11.3 Å². The van der Waals surface area contributed by atoms with Crippen LogP contribution in [0.3, 0.4) is 0 Å². The van der Waals surface area contributed by atoms with Crippen molar-refractivity contribution in [1.82, 2.24) is 10.3 Å². The molecule has 0 atom stereocenters. The van der Waals surface area contributed by atoms with E-state index in [0.29, 0.717) is 23.8 Å². The number of thiazole rings is 1. The molecular weight excluding hydrogens is 315 g/mol. The molecule has 5 nitrogen and oxygen atoms in total.